The molecule has 200 valence electrons. The minimum absolute atomic E-state index is 0.175. The van der Waals surface area contributed by atoms with E-state index in [1.54, 1.807) is 0 Å². The number of piperidine rings is 1. The first-order valence-electron chi connectivity index (χ1n) is 13.3. The van der Waals surface area contributed by atoms with Crippen molar-refractivity contribution in [3.63, 3.8) is 0 Å². The quantitative estimate of drug-likeness (QED) is 0.301. The molecule has 2 aliphatic carbocycles. The van der Waals surface area contributed by atoms with Crippen LogP contribution in [0, 0.1) is 5.92 Å². The second-order valence-corrected chi connectivity index (χ2v) is 12.4. The van der Waals surface area contributed by atoms with Gasteiger partial charge in [-0.3, -0.25) is 0 Å². The molecule has 0 amide bonds. The zero-order valence-corrected chi connectivity index (χ0v) is 23.4. The number of nitrogens with zero attached hydrogens (tertiary/aromatic N) is 4. The second-order valence-electron chi connectivity index (χ2n) is 11.6. The first-order chi connectivity index (χ1) is 18.2. The lowest BCUT2D eigenvalue weighted by Crippen LogP contribution is -2.38. The molecule has 6 rings (SSSR count). The number of hydrogen-bond acceptors (Lipinski definition) is 6. The van der Waals surface area contributed by atoms with Crippen LogP contribution >= 0.6 is 23.2 Å². The molecule has 3 aliphatic rings. The number of esters is 1. The average molecular weight is 556 g/mol. The molecule has 7 nitrogen and oxygen atoms in total. The minimum atomic E-state index is -0.508. The van der Waals surface area contributed by atoms with Gasteiger partial charge in [-0.25, -0.2) is 9.48 Å². The van der Waals surface area contributed by atoms with Crippen molar-refractivity contribution in [1.29, 1.82) is 0 Å². The van der Waals surface area contributed by atoms with Gasteiger partial charge in [-0.2, -0.15) is 0 Å². The Morgan fingerprint density at radius 1 is 1.03 bits per heavy atom. The van der Waals surface area contributed by atoms with Crippen LogP contribution in [0.4, 0.5) is 5.69 Å². The number of rotatable bonds is 7. The standard InChI is InChI=1S/C29H32Cl2N4O3/c1-29(2,3)38-28(36)17-7-9-19(10-8-17)34-15-18-13-21(34)14-25(18)37-16-24-27(32-33-35(24)20-11-12-20)26-22(30)5-4-6-23(26)31/h4-10,18,20-21,25H,11-16H2,1-3H3/t18-,21-,25+/m0/s1. The predicted octanol–water partition coefficient (Wildman–Crippen LogP) is 6.73. The molecule has 1 saturated heterocycles. The Morgan fingerprint density at radius 2 is 1.74 bits per heavy atom. The highest BCUT2D eigenvalue weighted by Gasteiger charge is 2.45. The van der Waals surface area contributed by atoms with Crippen molar-refractivity contribution in [3.8, 4) is 11.3 Å². The van der Waals surface area contributed by atoms with E-state index in [0.717, 1.165) is 49.2 Å². The molecule has 0 unspecified atom stereocenters. The van der Waals surface area contributed by atoms with Gasteiger partial charge in [-0.05, 0) is 82.9 Å². The van der Waals surface area contributed by atoms with Crippen molar-refractivity contribution >= 4 is 34.9 Å². The number of halogens is 2. The van der Waals surface area contributed by atoms with E-state index in [9.17, 15) is 4.79 Å². The summed E-state index contributed by atoms with van der Waals surface area (Å²) in [7, 11) is 0. The van der Waals surface area contributed by atoms with Crippen LogP contribution < -0.4 is 4.90 Å². The monoisotopic (exact) mass is 554 g/mol. The largest absolute Gasteiger partial charge is 0.456 e. The lowest BCUT2D eigenvalue weighted by atomic mass is 10.0. The van der Waals surface area contributed by atoms with Crippen LogP contribution in [0.1, 0.15) is 68.5 Å². The second kappa shape index (κ2) is 9.85. The minimum Gasteiger partial charge on any atom is -0.456 e. The van der Waals surface area contributed by atoms with Gasteiger partial charge in [0.2, 0.25) is 0 Å². The molecule has 3 atom stereocenters. The molecule has 2 aromatic carbocycles. The zero-order valence-electron chi connectivity index (χ0n) is 21.9. The molecule has 3 aromatic rings. The number of hydrogen-bond donors (Lipinski definition) is 0. The van der Waals surface area contributed by atoms with Crippen LogP contribution in [0.15, 0.2) is 42.5 Å². The van der Waals surface area contributed by atoms with Crippen molar-refractivity contribution < 1.29 is 14.3 Å². The van der Waals surface area contributed by atoms with Crippen molar-refractivity contribution in [2.45, 2.75) is 76.9 Å². The van der Waals surface area contributed by atoms with E-state index in [2.05, 4.69) is 15.2 Å². The van der Waals surface area contributed by atoms with Gasteiger partial charge in [-0.15, -0.1) is 5.10 Å². The highest BCUT2D eigenvalue weighted by Crippen LogP contribution is 2.44. The molecule has 0 N–H and O–H groups in total. The van der Waals surface area contributed by atoms with Crippen LogP contribution in [0.25, 0.3) is 11.3 Å². The maximum absolute atomic E-state index is 12.4. The first kappa shape index (κ1) is 25.7. The van der Waals surface area contributed by atoms with Gasteiger partial charge in [0.15, 0.2) is 0 Å². The van der Waals surface area contributed by atoms with Gasteiger partial charge in [0.1, 0.15) is 11.3 Å². The summed E-state index contributed by atoms with van der Waals surface area (Å²) in [6.45, 7) is 6.99. The number of carbonyl (C=O) groups is 1. The number of carbonyl (C=O) groups excluding carboxylic acids is 1. The van der Waals surface area contributed by atoms with E-state index in [1.165, 1.54) is 0 Å². The fraction of sp³-hybridized carbons (Fsp3) is 0.483. The smallest absolute Gasteiger partial charge is 0.338 e. The average Bonchev–Trinajstić information content (AvgIpc) is 3.32. The number of benzene rings is 2. The van der Waals surface area contributed by atoms with E-state index in [4.69, 9.17) is 32.7 Å². The zero-order chi connectivity index (χ0) is 26.6. The maximum atomic E-state index is 12.4. The summed E-state index contributed by atoms with van der Waals surface area (Å²) in [5.41, 5.74) is 3.57. The lowest BCUT2D eigenvalue weighted by molar-refractivity contribution is 0.00694. The van der Waals surface area contributed by atoms with Gasteiger partial charge in [0.05, 0.1) is 40.1 Å². The Morgan fingerprint density at radius 3 is 2.34 bits per heavy atom. The summed E-state index contributed by atoms with van der Waals surface area (Å²) in [6.07, 6.45) is 4.44. The fourth-order valence-corrected chi connectivity index (χ4v) is 6.29. The molecule has 1 aromatic heterocycles. The fourth-order valence-electron chi connectivity index (χ4n) is 5.72. The number of anilines is 1. The summed E-state index contributed by atoms with van der Waals surface area (Å²) in [5.74, 6) is 0.154. The summed E-state index contributed by atoms with van der Waals surface area (Å²) >= 11 is 13.0. The molecule has 1 aliphatic heterocycles. The molecule has 2 bridgehead atoms. The van der Waals surface area contributed by atoms with Crippen molar-refractivity contribution in [3.05, 3.63) is 63.8 Å². The molecule has 0 radical (unpaired) electrons. The van der Waals surface area contributed by atoms with Crippen LogP contribution in [-0.4, -0.2) is 45.3 Å². The Labute approximate surface area is 233 Å². The summed E-state index contributed by atoms with van der Waals surface area (Å²) in [5, 5.41) is 10.1. The molecule has 38 heavy (non-hydrogen) atoms. The lowest BCUT2D eigenvalue weighted by Gasteiger charge is -2.33. The maximum Gasteiger partial charge on any atom is 0.338 e. The van der Waals surface area contributed by atoms with Crippen molar-refractivity contribution in [2.24, 2.45) is 5.92 Å². The van der Waals surface area contributed by atoms with Crippen LogP contribution in [-0.2, 0) is 16.1 Å². The Hall–Kier alpha value is -2.61. The Bertz CT molecular complexity index is 1330. The van der Waals surface area contributed by atoms with Crippen molar-refractivity contribution in [2.75, 3.05) is 11.4 Å². The van der Waals surface area contributed by atoms with Gasteiger partial charge in [0.25, 0.3) is 0 Å². The van der Waals surface area contributed by atoms with Gasteiger partial charge >= 0.3 is 5.97 Å². The highest BCUT2D eigenvalue weighted by atomic mass is 35.5. The van der Waals surface area contributed by atoms with Crippen LogP contribution in [0.3, 0.4) is 0 Å². The van der Waals surface area contributed by atoms with Gasteiger partial charge in [-0.1, -0.05) is 34.5 Å². The van der Waals surface area contributed by atoms with E-state index in [-0.39, 0.29) is 12.1 Å². The summed E-state index contributed by atoms with van der Waals surface area (Å²) in [6, 6.07) is 14.0. The molecule has 2 heterocycles. The number of aromatic nitrogens is 3. The van der Waals surface area contributed by atoms with Gasteiger partial charge < -0.3 is 14.4 Å². The molecular formula is C29H32Cl2N4O3. The molecule has 9 heteroatoms. The first-order valence-corrected chi connectivity index (χ1v) is 14.0. The topological polar surface area (TPSA) is 69.5 Å². The third kappa shape index (κ3) is 5.04. The number of fused-ring (bicyclic) bond motifs is 2. The van der Waals surface area contributed by atoms with E-state index >= 15 is 0 Å². The third-order valence-electron chi connectivity index (χ3n) is 7.63. The van der Waals surface area contributed by atoms with Gasteiger partial charge in [0, 0.05) is 29.8 Å². The van der Waals surface area contributed by atoms with Crippen LogP contribution in [0.2, 0.25) is 10.0 Å². The Kier molecular flexibility index (Phi) is 6.65. The van der Waals surface area contributed by atoms with Crippen molar-refractivity contribution in [1.82, 2.24) is 15.0 Å². The van der Waals surface area contributed by atoms with E-state index < -0.39 is 5.60 Å². The molecular weight excluding hydrogens is 523 g/mol. The predicted molar refractivity (Wildman–Crippen MR) is 148 cm³/mol. The summed E-state index contributed by atoms with van der Waals surface area (Å²) in [4.78, 5) is 14.8. The highest BCUT2D eigenvalue weighted by molar-refractivity contribution is 6.39. The molecule has 2 saturated carbocycles. The Balaban J connectivity index is 1.12. The van der Waals surface area contributed by atoms with E-state index in [0.29, 0.717) is 45.9 Å². The van der Waals surface area contributed by atoms with E-state index in [1.807, 2.05) is 67.9 Å². The normalized spacial score (nSPS) is 22.8. The van der Waals surface area contributed by atoms with Crippen LogP contribution in [0.5, 0.6) is 0 Å². The molecule has 0 spiro atoms. The third-order valence-corrected chi connectivity index (χ3v) is 8.26. The molecule has 3 fully saturated rings. The SMILES string of the molecule is CC(C)(C)OC(=O)c1ccc(N2C[C@@H]3C[C@H]2C[C@H]3OCc2c(-c3c(Cl)cccc3Cl)nnn2C2CC2)cc1. The summed E-state index contributed by atoms with van der Waals surface area (Å²) < 4.78 is 14.0. The number of ether oxygens (including phenoxy) is 2.